The minimum absolute atomic E-state index is 0.185. The summed E-state index contributed by atoms with van der Waals surface area (Å²) in [5, 5.41) is 7.44. The standard InChI is InChI=1S/C18H20ClN3.C14H19N3O/c19-15-5-1-3-13-6-7-14-4-2-8-21-17(14)18(16(13)15)22-11-9-20-10-12-22;18-13-17(11-14-5-2-1-3-6-14)9-4-8-16-10-7-15-12-16/h1-5,8,18,20H,6-7,9-12H2;1-3,5-7,10,13,15H,4,8-9,11-12H2. The average molecular weight is 559 g/mol. The van der Waals surface area contributed by atoms with Crippen molar-refractivity contribution in [1.29, 1.82) is 0 Å². The van der Waals surface area contributed by atoms with E-state index in [1.54, 1.807) is 0 Å². The zero-order valence-electron chi connectivity index (χ0n) is 23.0. The van der Waals surface area contributed by atoms with Crippen LogP contribution in [0.5, 0.6) is 0 Å². The van der Waals surface area contributed by atoms with E-state index >= 15 is 0 Å². The molecule has 7 nitrogen and oxygen atoms in total. The molecule has 1 amide bonds. The number of carbonyl (C=O) groups is 1. The predicted octanol–water partition coefficient (Wildman–Crippen LogP) is 4.20. The Labute approximate surface area is 242 Å². The summed E-state index contributed by atoms with van der Waals surface area (Å²) < 4.78 is 0. The van der Waals surface area contributed by atoms with Crippen LogP contribution in [-0.2, 0) is 24.2 Å². The first kappa shape index (κ1) is 28.1. The third-order valence-corrected chi connectivity index (χ3v) is 8.08. The van der Waals surface area contributed by atoms with E-state index in [-0.39, 0.29) is 6.04 Å². The van der Waals surface area contributed by atoms with Gasteiger partial charge in [-0.1, -0.05) is 60.1 Å². The van der Waals surface area contributed by atoms with Crippen molar-refractivity contribution >= 4 is 18.0 Å². The number of pyridine rings is 1. The highest BCUT2D eigenvalue weighted by molar-refractivity contribution is 6.31. The number of aromatic nitrogens is 1. The molecule has 1 unspecified atom stereocenters. The van der Waals surface area contributed by atoms with E-state index in [9.17, 15) is 4.79 Å². The Morgan fingerprint density at radius 2 is 1.80 bits per heavy atom. The van der Waals surface area contributed by atoms with Gasteiger partial charge in [-0.2, -0.15) is 0 Å². The molecule has 0 radical (unpaired) electrons. The zero-order chi connectivity index (χ0) is 27.6. The van der Waals surface area contributed by atoms with Crippen LogP contribution in [0.15, 0.2) is 79.3 Å². The van der Waals surface area contributed by atoms with Crippen molar-refractivity contribution in [2.75, 3.05) is 45.9 Å². The maximum atomic E-state index is 11.0. The van der Waals surface area contributed by atoms with Crippen molar-refractivity contribution in [3.8, 4) is 0 Å². The number of piperazine rings is 1. The predicted molar refractivity (Wildman–Crippen MR) is 161 cm³/mol. The van der Waals surface area contributed by atoms with E-state index in [1.165, 1.54) is 27.9 Å². The summed E-state index contributed by atoms with van der Waals surface area (Å²) in [6, 6.07) is 20.8. The molecule has 1 saturated heterocycles. The number of nitrogens with one attached hydrogen (secondary N) is 2. The fraction of sp³-hybridized carbons (Fsp3) is 0.375. The molecule has 0 saturated carbocycles. The van der Waals surface area contributed by atoms with Gasteiger partial charge < -0.3 is 20.4 Å². The minimum atomic E-state index is 0.185. The van der Waals surface area contributed by atoms with E-state index in [1.807, 2.05) is 66.0 Å². The van der Waals surface area contributed by atoms with Gasteiger partial charge in [0.15, 0.2) is 0 Å². The molecule has 3 aliphatic rings. The summed E-state index contributed by atoms with van der Waals surface area (Å²) in [6.45, 7) is 7.46. The summed E-state index contributed by atoms with van der Waals surface area (Å²) in [5.74, 6) is 0. The van der Waals surface area contributed by atoms with Gasteiger partial charge in [0.05, 0.1) is 18.4 Å². The average Bonchev–Trinajstić information content (AvgIpc) is 3.46. The molecular formula is C32H39ClN6O. The van der Waals surface area contributed by atoms with Gasteiger partial charge in [-0.25, -0.2) is 0 Å². The van der Waals surface area contributed by atoms with Crippen LogP contribution in [0.2, 0.25) is 5.02 Å². The molecule has 3 heterocycles. The second-order valence-electron chi connectivity index (χ2n) is 10.5. The van der Waals surface area contributed by atoms with Crippen molar-refractivity contribution in [1.82, 2.24) is 30.3 Å². The van der Waals surface area contributed by atoms with Crippen molar-refractivity contribution in [3.05, 3.63) is 112 Å². The van der Waals surface area contributed by atoms with Gasteiger partial charge in [0.2, 0.25) is 6.41 Å². The summed E-state index contributed by atoms with van der Waals surface area (Å²) in [7, 11) is 0. The number of hydrogen-bond donors (Lipinski definition) is 2. The van der Waals surface area contributed by atoms with Crippen LogP contribution in [0.4, 0.5) is 0 Å². The fourth-order valence-electron chi connectivity index (χ4n) is 5.71. The molecule has 2 aliphatic heterocycles. The number of fused-ring (bicyclic) bond motifs is 2. The fourth-order valence-corrected chi connectivity index (χ4v) is 6.01. The molecule has 8 heteroatoms. The van der Waals surface area contributed by atoms with E-state index in [2.05, 4.69) is 38.6 Å². The van der Waals surface area contributed by atoms with Gasteiger partial charge in [-0.15, -0.1) is 0 Å². The highest BCUT2D eigenvalue weighted by Crippen LogP contribution is 2.39. The Hall–Kier alpha value is -3.39. The number of aryl methyl sites for hydroxylation is 2. The number of halogens is 1. The zero-order valence-corrected chi connectivity index (χ0v) is 23.8. The van der Waals surface area contributed by atoms with Crippen molar-refractivity contribution in [3.63, 3.8) is 0 Å². The van der Waals surface area contributed by atoms with Gasteiger partial charge in [0.25, 0.3) is 0 Å². The number of benzene rings is 2. The van der Waals surface area contributed by atoms with Crippen LogP contribution < -0.4 is 10.6 Å². The molecule has 1 aromatic heterocycles. The lowest BCUT2D eigenvalue weighted by molar-refractivity contribution is -0.118. The van der Waals surface area contributed by atoms with E-state index in [0.717, 1.165) is 76.6 Å². The monoisotopic (exact) mass is 558 g/mol. The third kappa shape index (κ3) is 7.22. The number of rotatable bonds is 8. The second kappa shape index (κ2) is 14.3. The van der Waals surface area contributed by atoms with Gasteiger partial charge in [-0.3, -0.25) is 14.7 Å². The maximum absolute atomic E-state index is 11.0. The SMILES string of the molecule is Clc1cccc2c1C(N1CCNCC1)c1ncccc1CC2.O=CN(CCCN1C=CNC1)Cc1ccccc1. The molecule has 0 spiro atoms. The maximum Gasteiger partial charge on any atom is 0.210 e. The lowest BCUT2D eigenvalue weighted by Gasteiger charge is -2.36. The van der Waals surface area contributed by atoms with Crippen LogP contribution >= 0.6 is 11.6 Å². The van der Waals surface area contributed by atoms with Gasteiger partial charge in [0.1, 0.15) is 0 Å². The van der Waals surface area contributed by atoms with E-state index in [4.69, 9.17) is 16.6 Å². The van der Waals surface area contributed by atoms with Gasteiger partial charge >= 0.3 is 0 Å². The molecule has 1 aliphatic carbocycles. The lowest BCUT2D eigenvalue weighted by atomic mass is 9.96. The first-order valence-corrected chi connectivity index (χ1v) is 14.6. The minimum Gasteiger partial charge on any atom is -0.373 e. The quantitative estimate of drug-likeness (QED) is 0.404. The molecule has 6 rings (SSSR count). The molecule has 210 valence electrons. The molecule has 40 heavy (non-hydrogen) atoms. The Kier molecular flexibility index (Phi) is 10.1. The van der Waals surface area contributed by atoms with Crippen LogP contribution in [0.3, 0.4) is 0 Å². The Balaban J connectivity index is 0.000000165. The third-order valence-electron chi connectivity index (χ3n) is 7.75. The number of nitrogens with zero attached hydrogens (tertiary/aromatic N) is 4. The van der Waals surface area contributed by atoms with Crippen LogP contribution in [0, 0.1) is 0 Å². The normalized spacial score (nSPS) is 18.0. The molecule has 1 fully saturated rings. The number of hydrogen-bond acceptors (Lipinski definition) is 6. The van der Waals surface area contributed by atoms with Crippen LogP contribution in [0.1, 0.15) is 40.4 Å². The van der Waals surface area contributed by atoms with Gasteiger partial charge in [-0.05, 0) is 53.6 Å². The first-order valence-electron chi connectivity index (χ1n) is 14.3. The van der Waals surface area contributed by atoms with Crippen LogP contribution in [0.25, 0.3) is 0 Å². The number of carbonyl (C=O) groups excluding carboxylic acids is 1. The smallest absolute Gasteiger partial charge is 0.210 e. The summed E-state index contributed by atoms with van der Waals surface area (Å²) in [4.78, 5) is 22.3. The summed E-state index contributed by atoms with van der Waals surface area (Å²) in [6.07, 6.45) is 9.90. The molecule has 1 atom stereocenters. The first-order chi connectivity index (χ1) is 19.7. The van der Waals surface area contributed by atoms with Crippen molar-refractivity contribution in [2.45, 2.75) is 31.8 Å². The Bertz CT molecular complexity index is 1260. The molecule has 0 bridgehead atoms. The lowest BCUT2D eigenvalue weighted by Crippen LogP contribution is -2.45. The number of amides is 1. The largest absolute Gasteiger partial charge is 0.373 e. The molecule has 2 N–H and O–H groups in total. The highest BCUT2D eigenvalue weighted by Gasteiger charge is 2.32. The molecule has 2 aromatic carbocycles. The second-order valence-corrected chi connectivity index (χ2v) is 10.9. The molecule has 3 aromatic rings. The summed E-state index contributed by atoms with van der Waals surface area (Å²) >= 11 is 6.63. The van der Waals surface area contributed by atoms with Gasteiger partial charge in [0, 0.05) is 69.4 Å². The topological polar surface area (TPSA) is 63.7 Å². The van der Waals surface area contributed by atoms with Crippen molar-refractivity contribution in [2.24, 2.45) is 0 Å². The van der Waals surface area contributed by atoms with E-state index in [0.29, 0.717) is 6.54 Å². The Morgan fingerprint density at radius 3 is 2.58 bits per heavy atom. The van der Waals surface area contributed by atoms with Crippen LogP contribution in [-0.4, -0.2) is 72.0 Å². The van der Waals surface area contributed by atoms with Crippen molar-refractivity contribution < 1.29 is 4.79 Å². The molecular weight excluding hydrogens is 520 g/mol. The van der Waals surface area contributed by atoms with E-state index < -0.39 is 0 Å². The summed E-state index contributed by atoms with van der Waals surface area (Å²) in [5.41, 5.74) is 6.36. The highest BCUT2D eigenvalue weighted by atomic mass is 35.5. The Morgan fingerprint density at radius 1 is 1.00 bits per heavy atom.